The first-order valence-electron chi connectivity index (χ1n) is 4.47. The topological polar surface area (TPSA) is 59.4 Å². The molecule has 1 aromatic heterocycles. The lowest BCUT2D eigenvalue weighted by molar-refractivity contribution is -0.145. The van der Waals surface area contributed by atoms with E-state index in [2.05, 4.69) is 4.98 Å². The molecule has 0 saturated carbocycles. The Labute approximate surface area is 82.5 Å². The van der Waals surface area contributed by atoms with Gasteiger partial charge in [0.15, 0.2) is 0 Å². The molecule has 0 amide bonds. The smallest absolute Gasteiger partial charge is 0.315 e. The lowest BCUT2D eigenvalue weighted by Gasteiger charge is -2.12. The Kier molecular flexibility index (Phi) is 4.07. The average Bonchev–Trinajstić information content (AvgIpc) is 2.21. The van der Waals surface area contributed by atoms with Crippen LogP contribution in [0.5, 0.6) is 0 Å². The molecule has 4 heteroatoms. The molecule has 0 bridgehead atoms. The van der Waals surface area contributed by atoms with Crippen molar-refractivity contribution in [3.8, 4) is 0 Å². The summed E-state index contributed by atoms with van der Waals surface area (Å²) < 4.78 is 4.83. The molecule has 1 rings (SSSR count). The van der Waals surface area contributed by atoms with E-state index in [4.69, 9.17) is 9.84 Å². The summed E-state index contributed by atoms with van der Waals surface area (Å²) in [4.78, 5) is 15.2. The molecule has 0 aliphatic heterocycles. The molecule has 0 saturated heterocycles. The molecule has 0 radical (unpaired) electrons. The van der Waals surface area contributed by atoms with Gasteiger partial charge in [-0.25, -0.2) is 0 Å². The highest BCUT2D eigenvalue weighted by Gasteiger charge is 2.20. The highest BCUT2D eigenvalue weighted by atomic mass is 16.5. The number of carbonyl (C=O) groups is 1. The zero-order valence-electron chi connectivity index (χ0n) is 8.01. The summed E-state index contributed by atoms with van der Waals surface area (Å²) in [7, 11) is 0. The summed E-state index contributed by atoms with van der Waals surface area (Å²) >= 11 is 0. The monoisotopic (exact) mass is 195 g/mol. The van der Waals surface area contributed by atoms with Crippen LogP contribution < -0.4 is 0 Å². The number of aliphatic hydroxyl groups excluding tert-OH is 1. The van der Waals surface area contributed by atoms with E-state index in [1.165, 1.54) is 0 Å². The van der Waals surface area contributed by atoms with E-state index in [0.717, 1.165) is 5.56 Å². The third-order valence-electron chi connectivity index (χ3n) is 1.86. The van der Waals surface area contributed by atoms with Gasteiger partial charge < -0.3 is 9.84 Å². The number of ether oxygens (including phenoxy) is 1. The molecule has 4 nitrogen and oxygen atoms in total. The van der Waals surface area contributed by atoms with E-state index in [1.807, 2.05) is 0 Å². The summed E-state index contributed by atoms with van der Waals surface area (Å²) in [6, 6.07) is 3.38. The highest BCUT2D eigenvalue weighted by molar-refractivity contribution is 5.78. The number of hydrogen-bond donors (Lipinski definition) is 1. The second-order valence-electron chi connectivity index (χ2n) is 2.77. The number of carbonyl (C=O) groups excluding carboxylic acids is 1. The minimum atomic E-state index is -0.599. The molecule has 14 heavy (non-hydrogen) atoms. The van der Waals surface area contributed by atoms with E-state index in [9.17, 15) is 4.79 Å². The highest BCUT2D eigenvalue weighted by Crippen LogP contribution is 2.15. The Hall–Kier alpha value is -1.42. The van der Waals surface area contributed by atoms with Crippen molar-refractivity contribution in [2.45, 2.75) is 12.8 Å². The number of nitrogens with zero attached hydrogens (tertiary/aromatic N) is 1. The molecule has 0 fully saturated rings. The Bertz CT molecular complexity index is 287. The Morgan fingerprint density at radius 2 is 2.21 bits per heavy atom. The fraction of sp³-hybridized carbons (Fsp3) is 0.400. The van der Waals surface area contributed by atoms with E-state index in [-0.39, 0.29) is 6.61 Å². The average molecular weight is 195 g/mol. The lowest BCUT2D eigenvalue weighted by Crippen LogP contribution is -2.19. The maximum absolute atomic E-state index is 11.4. The molecule has 0 spiro atoms. The summed E-state index contributed by atoms with van der Waals surface area (Å²) in [6.07, 6.45) is 3.16. The molecule has 76 valence electrons. The SMILES string of the molecule is CCOC(=O)C(CO)c1ccncc1. The van der Waals surface area contributed by atoms with Crippen molar-refractivity contribution < 1.29 is 14.6 Å². The normalized spacial score (nSPS) is 12.1. The second-order valence-corrected chi connectivity index (χ2v) is 2.77. The fourth-order valence-corrected chi connectivity index (χ4v) is 1.15. The molecular weight excluding hydrogens is 182 g/mol. The van der Waals surface area contributed by atoms with Gasteiger partial charge in [0.2, 0.25) is 0 Å². The lowest BCUT2D eigenvalue weighted by atomic mass is 10.0. The van der Waals surface area contributed by atoms with Crippen LogP contribution in [0.2, 0.25) is 0 Å². The maximum atomic E-state index is 11.4. The summed E-state index contributed by atoms with van der Waals surface area (Å²) in [5.41, 5.74) is 0.723. The molecular formula is C10H13NO3. The summed E-state index contributed by atoms with van der Waals surface area (Å²) in [5, 5.41) is 9.06. The van der Waals surface area contributed by atoms with Crippen molar-refractivity contribution in [2.75, 3.05) is 13.2 Å². The quantitative estimate of drug-likeness (QED) is 0.719. The minimum absolute atomic E-state index is 0.247. The van der Waals surface area contributed by atoms with E-state index < -0.39 is 11.9 Å². The van der Waals surface area contributed by atoms with Crippen molar-refractivity contribution in [3.05, 3.63) is 30.1 Å². The zero-order chi connectivity index (χ0) is 10.4. The molecule has 1 unspecified atom stereocenters. The first-order chi connectivity index (χ1) is 6.79. The standard InChI is InChI=1S/C10H13NO3/c1-2-14-10(13)9(7-12)8-3-5-11-6-4-8/h3-6,9,12H,2,7H2,1H3. The molecule has 0 aliphatic rings. The van der Waals surface area contributed by atoms with Gasteiger partial charge in [0.25, 0.3) is 0 Å². The maximum Gasteiger partial charge on any atom is 0.315 e. The van der Waals surface area contributed by atoms with Gasteiger partial charge in [-0.05, 0) is 24.6 Å². The van der Waals surface area contributed by atoms with E-state index in [1.54, 1.807) is 31.5 Å². The molecule has 1 aromatic rings. The molecule has 0 aromatic carbocycles. The Morgan fingerprint density at radius 1 is 1.57 bits per heavy atom. The van der Waals surface area contributed by atoms with Crippen LogP contribution in [0.25, 0.3) is 0 Å². The Balaban J connectivity index is 2.77. The van der Waals surface area contributed by atoms with Gasteiger partial charge in [-0.1, -0.05) is 0 Å². The summed E-state index contributed by atoms with van der Waals surface area (Å²) in [6.45, 7) is 1.81. The van der Waals surface area contributed by atoms with Crippen LogP contribution in [0.1, 0.15) is 18.4 Å². The number of hydrogen-bond acceptors (Lipinski definition) is 4. The third-order valence-corrected chi connectivity index (χ3v) is 1.86. The number of aromatic nitrogens is 1. The predicted octanol–water partition coefficient (Wildman–Crippen LogP) is 0.721. The Morgan fingerprint density at radius 3 is 2.71 bits per heavy atom. The first-order valence-corrected chi connectivity index (χ1v) is 4.47. The zero-order valence-corrected chi connectivity index (χ0v) is 8.01. The van der Waals surface area contributed by atoms with Crippen molar-refractivity contribution in [1.29, 1.82) is 0 Å². The first kappa shape index (κ1) is 10.7. The fourth-order valence-electron chi connectivity index (χ4n) is 1.15. The minimum Gasteiger partial charge on any atom is -0.465 e. The molecule has 1 atom stereocenters. The molecule has 1 N–H and O–H groups in total. The van der Waals surface area contributed by atoms with Gasteiger partial charge in [0.1, 0.15) is 5.92 Å². The van der Waals surface area contributed by atoms with Crippen LogP contribution in [-0.4, -0.2) is 29.3 Å². The van der Waals surface area contributed by atoms with Crippen LogP contribution in [0.4, 0.5) is 0 Å². The van der Waals surface area contributed by atoms with Crippen LogP contribution >= 0.6 is 0 Å². The van der Waals surface area contributed by atoms with Crippen molar-refractivity contribution >= 4 is 5.97 Å². The van der Waals surface area contributed by atoms with Crippen LogP contribution in [-0.2, 0) is 9.53 Å². The van der Waals surface area contributed by atoms with Crippen molar-refractivity contribution in [3.63, 3.8) is 0 Å². The molecule has 0 aliphatic carbocycles. The van der Waals surface area contributed by atoms with Gasteiger partial charge >= 0.3 is 5.97 Å². The summed E-state index contributed by atoms with van der Waals surface area (Å²) in [5.74, 6) is -1.00. The predicted molar refractivity (Wildman–Crippen MR) is 50.7 cm³/mol. The van der Waals surface area contributed by atoms with Crippen LogP contribution in [0.15, 0.2) is 24.5 Å². The van der Waals surface area contributed by atoms with Gasteiger partial charge in [-0.15, -0.1) is 0 Å². The number of esters is 1. The van der Waals surface area contributed by atoms with Gasteiger partial charge in [0.05, 0.1) is 13.2 Å². The molecule has 1 heterocycles. The van der Waals surface area contributed by atoms with Gasteiger partial charge in [-0.3, -0.25) is 9.78 Å². The van der Waals surface area contributed by atoms with E-state index in [0.29, 0.717) is 6.61 Å². The van der Waals surface area contributed by atoms with Gasteiger partial charge in [0, 0.05) is 12.4 Å². The second kappa shape index (κ2) is 5.34. The van der Waals surface area contributed by atoms with Crippen LogP contribution in [0, 0.1) is 0 Å². The number of pyridine rings is 1. The number of aliphatic hydroxyl groups is 1. The van der Waals surface area contributed by atoms with Gasteiger partial charge in [-0.2, -0.15) is 0 Å². The van der Waals surface area contributed by atoms with E-state index >= 15 is 0 Å². The van der Waals surface area contributed by atoms with Crippen LogP contribution in [0.3, 0.4) is 0 Å². The van der Waals surface area contributed by atoms with Crippen molar-refractivity contribution in [2.24, 2.45) is 0 Å². The number of rotatable bonds is 4. The third kappa shape index (κ3) is 2.53. The largest absolute Gasteiger partial charge is 0.465 e. The van der Waals surface area contributed by atoms with Crippen molar-refractivity contribution in [1.82, 2.24) is 4.98 Å².